The molecule has 0 bridgehead atoms. The van der Waals surface area contributed by atoms with Crippen molar-refractivity contribution in [3.8, 4) is 0 Å². The minimum atomic E-state index is -0.941. The molecule has 0 atom stereocenters. The van der Waals surface area contributed by atoms with Crippen molar-refractivity contribution >= 4 is 11.7 Å². The van der Waals surface area contributed by atoms with Crippen molar-refractivity contribution < 1.29 is 9.90 Å². The Balaban J connectivity index is 3.11. The molecular weight excluding hydrogens is 168 g/mol. The highest BCUT2D eigenvalue weighted by atomic mass is 16.4. The van der Waals surface area contributed by atoms with Crippen LogP contribution in [0.15, 0.2) is 18.5 Å². The van der Waals surface area contributed by atoms with E-state index in [1.807, 2.05) is 18.9 Å². The predicted octanol–water partition coefficient (Wildman–Crippen LogP) is 1.24. The first-order valence-corrected chi connectivity index (χ1v) is 4.05. The highest BCUT2D eigenvalue weighted by Crippen LogP contribution is 2.17. The molecule has 1 rings (SSSR count). The van der Waals surface area contributed by atoms with Gasteiger partial charge < -0.3 is 10.0 Å². The van der Waals surface area contributed by atoms with Gasteiger partial charge in [0.2, 0.25) is 0 Å². The van der Waals surface area contributed by atoms with E-state index >= 15 is 0 Å². The van der Waals surface area contributed by atoms with Crippen molar-refractivity contribution in [3.63, 3.8) is 0 Å². The molecule has 13 heavy (non-hydrogen) atoms. The Bertz CT molecular complexity index is 312. The van der Waals surface area contributed by atoms with Crippen LogP contribution in [0.5, 0.6) is 0 Å². The molecular formula is C9H12N2O2. The normalized spacial score (nSPS) is 9.69. The minimum Gasteiger partial charge on any atom is -0.478 e. The molecule has 0 aromatic carbocycles. The van der Waals surface area contributed by atoms with Gasteiger partial charge in [-0.2, -0.15) is 0 Å². The third kappa shape index (κ3) is 1.96. The van der Waals surface area contributed by atoms with E-state index in [0.717, 1.165) is 6.54 Å². The molecule has 0 aliphatic rings. The summed E-state index contributed by atoms with van der Waals surface area (Å²) >= 11 is 0. The van der Waals surface area contributed by atoms with E-state index in [4.69, 9.17) is 5.11 Å². The summed E-state index contributed by atoms with van der Waals surface area (Å²) in [5.74, 6) is -0.941. The van der Waals surface area contributed by atoms with Crippen LogP contribution in [0.2, 0.25) is 0 Å². The molecule has 1 aromatic heterocycles. The number of anilines is 1. The molecule has 0 spiro atoms. The van der Waals surface area contributed by atoms with Gasteiger partial charge in [0.05, 0.1) is 5.69 Å². The first kappa shape index (κ1) is 9.51. The van der Waals surface area contributed by atoms with Crippen LogP contribution in [-0.4, -0.2) is 29.7 Å². The lowest BCUT2D eigenvalue weighted by Crippen LogP contribution is -2.19. The van der Waals surface area contributed by atoms with Crippen LogP contribution in [0.4, 0.5) is 5.69 Å². The first-order valence-electron chi connectivity index (χ1n) is 4.05. The van der Waals surface area contributed by atoms with Crippen LogP contribution in [0.1, 0.15) is 17.3 Å². The van der Waals surface area contributed by atoms with Crippen molar-refractivity contribution in [2.45, 2.75) is 6.92 Å². The number of aromatic carboxylic acids is 1. The average molecular weight is 180 g/mol. The lowest BCUT2D eigenvalue weighted by atomic mass is 10.2. The molecule has 4 nitrogen and oxygen atoms in total. The summed E-state index contributed by atoms with van der Waals surface area (Å²) in [6.07, 6.45) is 2.96. The molecule has 0 unspecified atom stereocenters. The van der Waals surface area contributed by atoms with E-state index in [0.29, 0.717) is 5.69 Å². The van der Waals surface area contributed by atoms with Crippen molar-refractivity contribution in [3.05, 3.63) is 24.0 Å². The van der Waals surface area contributed by atoms with Crippen LogP contribution in [-0.2, 0) is 0 Å². The summed E-state index contributed by atoms with van der Waals surface area (Å²) in [7, 11) is 1.85. The number of carboxylic acid groups (broad SMARTS) is 1. The molecule has 0 saturated carbocycles. The van der Waals surface area contributed by atoms with Gasteiger partial charge in [-0.3, -0.25) is 4.98 Å². The molecule has 0 amide bonds. The number of hydrogen-bond acceptors (Lipinski definition) is 3. The molecule has 1 aromatic rings. The Morgan fingerprint density at radius 3 is 2.92 bits per heavy atom. The molecule has 1 heterocycles. The summed E-state index contributed by atoms with van der Waals surface area (Å²) < 4.78 is 0. The van der Waals surface area contributed by atoms with Gasteiger partial charge in [0, 0.05) is 26.0 Å². The largest absolute Gasteiger partial charge is 0.478 e. The van der Waals surface area contributed by atoms with E-state index in [9.17, 15) is 4.79 Å². The maximum atomic E-state index is 10.8. The summed E-state index contributed by atoms with van der Waals surface area (Å²) in [5, 5.41) is 8.84. The summed E-state index contributed by atoms with van der Waals surface area (Å²) in [6.45, 7) is 2.73. The van der Waals surface area contributed by atoms with Gasteiger partial charge in [-0.15, -0.1) is 0 Å². The quantitative estimate of drug-likeness (QED) is 0.760. The number of hydrogen-bond donors (Lipinski definition) is 1. The molecule has 0 saturated heterocycles. The zero-order valence-corrected chi connectivity index (χ0v) is 7.69. The van der Waals surface area contributed by atoms with E-state index < -0.39 is 5.97 Å². The molecule has 0 radical (unpaired) electrons. The number of aromatic nitrogens is 1. The fourth-order valence-electron chi connectivity index (χ4n) is 1.06. The van der Waals surface area contributed by atoms with Gasteiger partial charge in [-0.05, 0) is 13.0 Å². The fourth-order valence-corrected chi connectivity index (χ4v) is 1.06. The van der Waals surface area contributed by atoms with Crippen molar-refractivity contribution in [1.82, 2.24) is 4.98 Å². The Kier molecular flexibility index (Phi) is 2.84. The van der Waals surface area contributed by atoms with Crippen LogP contribution >= 0.6 is 0 Å². The van der Waals surface area contributed by atoms with Gasteiger partial charge in [-0.1, -0.05) is 0 Å². The van der Waals surface area contributed by atoms with Crippen molar-refractivity contribution in [2.75, 3.05) is 18.5 Å². The average Bonchev–Trinajstić information content (AvgIpc) is 2.16. The van der Waals surface area contributed by atoms with Crippen molar-refractivity contribution in [2.24, 2.45) is 0 Å². The van der Waals surface area contributed by atoms with Gasteiger partial charge in [0.25, 0.3) is 0 Å². The van der Waals surface area contributed by atoms with Gasteiger partial charge >= 0.3 is 5.97 Å². The maximum Gasteiger partial charge on any atom is 0.339 e. The van der Waals surface area contributed by atoms with E-state index in [-0.39, 0.29) is 5.56 Å². The fraction of sp³-hybridized carbons (Fsp3) is 0.333. The second-order valence-corrected chi connectivity index (χ2v) is 2.71. The molecule has 70 valence electrons. The second-order valence-electron chi connectivity index (χ2n) is 2.71. The predicted molar refractivity (Wildman–Crippen MR) is 50.1 cm³/mol. The SMILES string of the molecule is CCN(C)c1ccncc1C(=O)O. The van der Waals surface area contributed by atoms with Gasteiger partial charge in [0.15, 0.2) is 0 Å². The van der Waals surface area contributed by atoms with Crippen LogP contribution < -0.4 is 4.90 Å². The van der Waals surface area contributed by atoms with Gasteiger partial charge in [-0.25, -0.2) is 4.79 Å². The lowest BCUT2D eigenvalue weighted by Gasteiger charge is -2.18. The summed E-state index contributed by atoms with van der Waals surface area (Å²) in [6, 6.07) is 1.70. The number of pyridine rings is 1. The van der Waals surface area contributed by atoms with E-state index in [2.05, 4.69) is 4.98 Å². The number of rotatable bonds is 3. The third-order valence-electron chi connectivity index (χ3n) is 1.91. The maximum absolute atomic E-state index is 10.8. The molecule has 1 N–H and O–H groups in total. The number of carbonyl (C=O) groups is 1. The van der Waals surface area contributed by atoms with Crippen LogP contribution in [0.25, 0.3) is 0 Å². The standard InChI is InChI=1S/C9H12N2O2/c1-3-11(2)8-4-5-10-6-7(8)9(12)13/h4-6H,3H2,1-2H3,(H,12,13). The van der Waals surface area contributed by atoms with Gasteiger partial charge in [0.1, 0.15) is 5.56 Å². The monoisotopic (exact) mass is 180 g/mol. The Morgan fingerprint density at radius 2 is 2.38 bits per heavy atom. The zero-order valence-electron chi connectivity index (χ0n) is 7.69. The third-order valence-corrected chi connectivity index (χ3v) is 1.91. The minimum absolute atomic E-state index is 0.242. The number of nitrogens with zero attached hydrogens (tertiary/aromatic N) is 2. The highest BCUT2D eigenvalue weighted by molar-refractivity contribution is 5.93. The Hall–Kier alpha value is -1.58. The zero-order chi connectivity index (χ0) is 9.84. The topological polar surface area (TPSA) is 53.4 Å². The van der Waals surface area contributed by atoms with Crippen LogP contribution in [0.3, 0.4) is 0 Å². The van der Waals surface area contributed by atoms with Crippen molar-refractivity contribution in [1.29, 1.82) is 0 Å². The first-order chi connectivity index (χ1) is 6.16. The summed E-state index contributed by atoms with van der Waals surface area (Å²) in [5.41, 5.74) is 0.942. The molecule has 4 heteroatoms. The molecule has 0 aliphatic heterocycles. The number of carboxylic acids is 1. The lowest BCUT2D eigenvalue weighted by molar-refractivity contribution is 0.0697. The smallest absolute Gasteiger partial charge is 0.339 e. The summed E-state index contributed by atoms with van der Waals surface area (Å²) in [4.78, 5) is 16.4. The van der Waals surface area contributed by atoms with Crippen LogP contribution in [0, 0.1) is 0 Å². The molecule has 0 aliphatic carbocycles. The van der Waals surface area contributed by atoms with E-state index in [1.54, 1.807) is 12.3 Å². The Labute approximate surface area is 76.8 Å². The molecule has 0 fully saturated rings. The second kappa shape index (κ2) is 3.89. The van der Waals surface area contributed by atoms with E-state index in [1.165, 1.54) is 6.20 Å². The Morgan fingerprint density at radius 1 is 1.69 bits per heavy atom. The highest BCUT2D eigenvalue weighted by Gasteiger charge is 2.11.